The SMILES string of the molecule is O=C1CN=C2SC=CN2C1. The predicted molar refractivity (Wildman–Crippen MR) is 40.7 cm³/mol. The van der Waals surface area contributed by atoms with Gasteiger partial charge < -0.3 is 4.90 Å². The fraction of sp³-hybridized carbons (Fsp3) is 0.333. The first-order valence-electron chi connectivity index (χ1n) is 3.02. The topological polar surface area (TPSA) is 32.7 Å². The molecular weight excluding hydrogens is 148 g/mol. The molecule has 0 aromatic carbocycles. The van der Waals surface area contributed by atoms with Crippen molar-refractivity contribution in [1.29, 1.82) is 0 Å². The number of carbonyl (C=O) groups is 1. The summed E-state index contributed by atoms with van der Waals surface area (Å²) >= 11 is 1.57. The van der Waals surface area contributed by atoms with Gasteiger partial charge in [-0.1, -0.05) is 11.8 Å². The number of ketones is 1. The van der Waals surface area contributed by atoms with Crippen LogP contribution in [0.5, 0.6) is 0 Å². The van der Waals surface area contributed by atoms with E-state index in [-0.39, 0.29) is 5.78 Å². The molecule has 10 heavy (non-hydrogen) atoms. The summed E-state index contributed by atoms with van der Waals surface area (Å²) in [7, 11) is 0. The zero-order valence-electron chi connectivity index (χ0n) is 5.28. The lowest BCUT2D eigenvalue weighted by atomic mass is 10.3. The first kappa shape index (κ1) is 5.97. The molecule has 0 N–H and O–H groups in total. The molecule has 0 atom stereocenters. The minimum Gasteiger partial charge on any atom is -0.320 e. The molecule has 0 aliphatic carbocycles. The van der Waals surface area contributed by atoms with Gasteiger partial charge in [0.05, 0.1) is 6.54 Å². The number of Topliss-reactive ketones (excluding diaryl/α,β-unsaturated/α-hetero) is 1. The second-order valence-electron chi connectivity index (χ2n) is 2.17. The maximum Gasteiger partial charge on any atom is 0.173 e. The van der Waals surface area contributed by atoms with Crippen molar-refractivity contribution in [2.75, 3.05) is 13.1 Å². The molecule has 0 bridgehead atoms. The van der Waals surface area contributed by atoms with Crippen molar-refractivity contribution in [1.82, 2.24) is 4.90 Å². The van der Waals surface area contributed by atoms with Gasteiger partial charge in [0.2, 0.25) is 0 Å². The summed E-state index contributed by atoms with van der Waals surface area (Å²) in [4.78, 5) is 16.8. The van der Waals surface area contributed by atoms with Gasteiger partial charge in [0, 0.05) is 6.20 Å². The van der Waals surface area contributed by atoms with Crippen LogP contribution in [0.25, 0.3) is 0 Å². The number of amidine groups is 1. The predicted octanol–water partition coefficient (Wildman–Crippen LogP) is 0.445. The fourth-order valence-corrected chi connectivity index (χ4v) is 1.67. The summed E-state index contributed by atoms with van der Waals surface area (Å²) in [5.74, 6) is 0.191. The summed E-state index contributed by atoms with van der Waals surface area (Å²) in [6.45, 7) is 0.864. The largest absolute Gasteiger partial charge is 0.320 e. The third-order valence-corrected chi connectivity index (χ3v) is 2.23. The quantitative estimate of drug-likeness (QED) is 0.507. The van der Waals surface area contributed by atoms with E-state index in [2.05, 4.69) is 4.99 Å². The minimum absolute atomic E-state index is 0.191. The molecule has 2 rings (SSSR count). The van der Waals surface area contributed by atoms with Crippen molar-refractivity contribution >= 4 is 22.7 Å². The Balaban J connectivity index is 2.26. The molecular formula is C6H6N2OS. The average Bonchev–Trinajstić information content (AvgIpc) is 2.33. The standard InChI is InChI=1S/C6H6N2OS/c9-5-3-7-6-8(4-5)1-2-10-6/h1-2H,3-4H2. The van der Waals surface area contributed by atoms with Crippen molar-refractivity contribution in [3.63, 3.8) is 0 Å². The number of fused-ring (bicyclic) bond motifs is 1. The van der Waals surface area contributed by atoms with E-state index >= 15 is 0 Å². The number of rotatable bonds is 0. The van der Waals surface area contributed by atoms with Gasteiger partial charge in [0.1, 0.15) is 6.54 Å². The molecule has 0 unspecified atom stereocenters. The highest BCUT2D eigenvalue weighted by Crippen LogP contribution is 2.20. The normalized spacial score (nSPS) is 23.0. The van der Waals surface area contributed by atoms with Gasteiger partial charge in [-0.3, -0.25) is 9.79 Å². The van der Waals surface area contributed by atoms with Crippen LogP contribution in [-0.2, 0) is 4.79 Å². The van der Waals surface area contributed by atoms with Crippen LogP contribution in [0.15, 0.2) is 16.6 Å². The fourth-order valence-electron chi connectivity index (χ4n) is 0.940. The van der Waals surface area contributed by atoms with Crippen molar-refractivity contribution in [3.05, 3.63) is 11.6 Å². The van der Waals surface area contributed by atoms with Gasteiger partial charge in [0.15, 0.2) is 11.0 Å². The molecule has 2 aliphatic rings. The van der Waals surface area contributed by atoms with E-state index in [9.17, 15) is 4.79 Å². The molecule has 0 radical (unpaired) electrons. The first-order valence-corrected chi connectivity index (χ1v) is 3.90. The highest BCUT2D eigenvalue weighted by Gasteiger charge is 2.21. The summed E-state index contributed by atoms with van der Waals surface area (Å²) in [5.41, 5.74) is 0. The first-order chi connectivity index (χ1) is 4.86. The van der Waals surface area contributed by atoms with Crippen molar-refractivity contribution in [2.45, 2.75) is 0 Å². The molecule has 0 fully saturated rings. The molecule has 2 aliphatic heterocycles. The molecule has 3 nitrogen and oxygen atoms in total. The molecule has 0 saturated carbocycles. The Kier molecular flexibility index (Phi) is 1.27. The smallest absolute Gasteiger partial charge is 0.173 e. The number of thioether (sulfide) groups is 1. The van der Waals surface area contributed by atoms with E-state index in [0.717, 1.165) is 5.17 Å². The minimum atomic E-state index is 0.191. The van der Waals surface area contributed by atoms with Crippen LogP contribution >= 0.6 is 11.8 Å². The third kappa shape index (κ3) is 0.844. The van der Waals surface area contributed by atoms with Gasteiger partial charge in [-0.25, -0.2) is 0 Å². The van der Waals surface area contributed by atoms with Crippen LogP contribution in [0, 0.1) is 0 Å². The van der Waals surface area contributed by atoms with E-state index in [1.807, 2.05) is 16.5 Å². The third-order valence-electron chi connectivity index (χ3n) is 1.40. The van der Waals surface area contributed by atoms with E-state index in [1.54, 1.807) is 11.8 Å². The Hall–Kier alpha value is -0.770. The molecule has 0 spiro atoms. The van der Waals surface area contributed by atoms with E-state index in [1.165, 1.54) is 0 Å². The Morgan fingerprint density at radius 2 is 2.60 bits per heavy atom. The Morgan fingerprint density at radius 1 is 1.70 bits per heavy atom. The van der Waals surface area contributed by atoms with Gasteiger partial charge >= 0.3 is 0 Å². The Labute approximate surface area is 62.8 Å². The number of hydrogen-bond donors (Lipinski definition) is 0. The zero-order chi connectivity index (χ0) is 6.97. The highest BCUT2D eigenvalue weighted by molar-refractivity contribution is 8.16. The van der Waals surface area contributed by atoms with Crippen molar-refractivity contribution < 1.29 is 4.79 Å². The monoisotopic (exact) mass is 154 g/mol. The average molecular weight is 154 g/mol. The van der Waals surface area contributed by atoms with Gasteiger partial charge in [0.25, 0.3) is 0 Å². The van der Waals surface area contributed by atoms with Crippen molar-refractivity contribution in [3.8, 4) is 0 Å². The molecule has 2 heterocycles. The lowest BCUT2D eigenvalue weighted by Crippen LogP contribution is -2.33. The molecule has 0 aromatic heterocycles. The van der Waals surface area contributed by atoms with Crippen molar-refractivity contribution in [2.24, 2.45) is 4.99 Å². The lowest BCUT2D eigenvalue weighted by molar-refractivity contribution is -0.118. The number of aliphatic imine (C=N–C) groups is 1. The molecule has 52 valence electrons. The second kappa shape index (κ2) is 2.12. The molecule has 0 aromatic rings. The summed E-state index contributed by atoms with van der Waals surface area (Å²) < 4.78 is 0. The second-order valence-corrected chi connectivity index (χ2v) is 3.04. The van der Waals surface area contributed by atoms with Crippen LogP contribution in [0.3, 0.4) is 0 Å². The van der Waals surface area contributed by atoms with Crippen LogP contribution in [0.2, 0.25) is 0 Å². The summed E-state index contributed by atoms with van der Waals surface area (Å²) in [5, 5.41) is 2.90. The van der Waals surface area contributed by atoms with Crippen LogP contribution < -0.4 is 0 Å². The van der Waals surface area contributed by atoms with Crippen LogP contribution in [-0.4, -0.2) is 28.9 Å². The lowest BCUT2D eigenvalue weighted by Gasteiger charge is -2.18. The summed E-state index contributed by atoms with van der Waals surface area (Å²) in [6.07, 6.45) is 1.89. The van der Waals surface area contributed by atoms with Crippen LogP contribution in [0.1, 0.15) is 0 Å². The highest BCUT2D eigenvalue weighted by atomic mass is 32.2. The number of carbonyl (C=O) groups excluding carboxylic acids is 1. The number of hydrogen-bond acceptors (Lipinski definition) is 4. The van der Waals surface area contributed by atoms with E-state index < -0.39 is 0 Å². The maximum absolute atomic E-state index is 10.8. The van der Waals surface area contributed by atoms with E-state index in [0.29, 0.717) is 13.1 Å². The summed E-state index contributed by atoms with van der Waals surface area (Å²) in [6, 6.07) is 0. The zero-order valence-corrected chi connectivity index (χ0v) is 6.10. The van der Waals surface area contributed by atoms with E-state index in [4.69, 9.17) is 0 Å². The van der Waals surface area contributed by atoms with Crippen LogP contribution in [0.4, 0.5) is 0 Å². The molecule has 0 saturated heterocycles. The molecule has 4 heteroatoms. The number of nitrogens with zero attached hydrogens (tertiary/aromatic N) is 2. The maximum atomic E-state index is 10.8. The Bertz CT molecular complexity index is 234. The molecule has 0 amide bonds. The van der Waals surface area contributed by atoms with Gasteiger partial charge in [-0.15, -0.1) is 0 Å². The van der Waals surface area contributed by atoms with Gasteiger partial charge in [-0.05, 0) is 5.41 Å². The van der Waals surface area contributed by atoms with Gasteiger partial charge in [-0.2, -0.15) is 0 Å². The Morgan fingerprint density at radius 3 is 3.50 bits per heavy atom.